The highest BCUT2D eigenvalue weighted by Gasteiger charge is 2.21. The summed E-state index contributed by atoms with van der Waals surface area (Å²) in [7, 11) is 0. The minimum atomic E-state index is -0.449. The molecule has 0 radical (unpaired) electrons. The summed E-state index contributed by atoms with van der Waals surface area (Å²) in [5, 5.41) is 0. The molecule has 0 N–H and O–H groups in total. The summed E-state index contributed by atoms with van der Waals surface area (Å²) in [6.07, 6.45) is 6.40. The number of hydrogen-bond acceptors (Lipinski definition) is 2. The van der Waals surface area contributed by atoms with Crippen LogP contribution in [-0.4, -0.2) is 9.97 Å². The molecule has 0 saturated heterocycles. The van der Waals surface area contributed by atoms with E-state index >= 15 is 0 Å². The molecule has 2 aromatic heterocycles. The lowest BCUT2D eigenvalue weighted by atomic mass is 9.79. The number of hydrogen-bond donors (Lipinski definition) is 0. The third kappa shape index (κ3) is 2.10. The monoisotopic (exact) mass is 290 g/mol. The van der Waals surface area contributed by atoms with Gasteiger partial charge in [0, 0.05) is 29.7 Å². The van der Waals surface area contributed by atoms with E-state index in [4.69, 9.17) is 0 Å². The molecule has 1 aliphatic carbocycles. The molecule has 0 amide bonds. The van der Waals surface area contributed by atoms with E-state index in [1.54, 1.807) is 12.3 Å². The predicted molar refractivity (Wildman–Crippen MR) is 85.0 cm³/mol. The molecule has 3 heteroatoms. The van der Waals surface area contributed by atoms with Gasteiger partial charge in [0.25, 0.3) is 0 Å². The van der Waals surface area contributed by atoms with E-state index in [1.165, 1.54) is 28.3 Å². The van der Waals surface area contributed by atoms with Crippen molar-refractivity contribution in [3.63, 3.8) is 0 Å². The van der Waals surface area contributed by atoms with Crippen molar-refractivity contribution >= 4 is 0 Å². The largest absolute Gasteiger partial charge is 0.264 e. The Hall–Kier alpha value is -2.55. The molecule has 22 heavy (non-hydrogen) atoms. The van der Waals surface area contributed by atoms with Gasteiger partial charge < -0.3 is 0 Å². The Morgan fingerprint density at radius 3 is 2.68 bits per heavy atom. The minimum absolute atomic E-state index is 0.449. The summed E-state index contributed by atoms with van der Waals surface area (Å²) in [6, 6.07) is 11.7. The van der Waals surface area contributed by atoms with Gasteiger partial charge in [-0.3, -0.25) is 4.98 Å². The summed E-state index contributed by atoms with van der Waals surface area (Å²) in [5.41, 5.74) is 7.16. The van der Waals surface area contributed by atoms with E-state index in [2.05, 4.69) is 41.2 Å². The normalized spacial score (nSPS) is 16.0. The number of benzene rings is 1. The van der Waals surface area contributed by atoms with Gasteiger partial charge in [-0.05, 0) is 52.8 Å². The fourth-order valence-electron chi connectivity index (χ4n) is 3.25. The molecule has 2 nitrogen and oxygen atoms in total. The summed E-state index contributed by atoms with van der Waals surface area (Å²) in [6.45, 7) is 2.24. The summed E-state index contributed by atoms with van der Waals surface area (Å²) >= 11 is 0. The lowest BCUT2D eigenvalue weighted by Crippen LogP contribution is -2.08. The van der Waals surface area contributed by atoms with Crippen LogP contribution in [0.3, 0.4) is 0 Å². The first-order valence-corrected chi connectivity index (χ1v) is 7.41. The lowest BCUT2D eigenvalue weighted by molar-refractivity contribution is 0.584. The zero-order chi connectivity index (χ0) is 15.1. The molecule has 1 aromatic carbocycles. The molecule has 3 aromatic rings. The molecule has 0 aliphatic heterocycles. The fourth-order valence-corrected chi connectivity index (χ4v) is 3.25. The Bertz CT molecular complexity index is 840. The number of nitrogens with zero attached hydrogens (tertiary/aromatic N) is 2. The standard InChI is InChI=1S/C19H15FN2/c1-12-8-15-9-13(14-3-5-19(20)22-10-14)2-4-17(15)18-11-21-7-6-16(12)18/h2-7,9-12H,8H2,1H3. The molecular weight excluding hydrogens is 275 g/mol. The van der Waals surface area contributed by atoms with Gasteiger partial charge in [0.1, 0.15) is 0 Å². The summed E-state index contributed by atoms with van der Waals surface area (Å²) in [5.74, 6) is 0.0300. The second-order valence-electron chi connectivity index (χ2n) is 5.81. The fraction of sp³-hybridized carbons (Fsp3) is 0.158. The van der Waals surface area contributed by atoms with Gasteiger partial charge in [-0.15, -0.1) is 0 Å². The van der Waals surface area contributed by atoms with Gasteiger partial charge in [-0.25, -0.2) is 4.98 Å². The maximum absolute atomic E-state index is 13.0. The van der Waals surface area contributed by atoms with Crippen molar-refractivity contribution in [1.29, 1.82) is 0 Å². The Morgan fingerprint density at radius 1 is 1.00 bits per heavy atom. The second kappa shape index (κ2) is 5.02. The molecule has 0 saturated carbocycles. The molecule has 1 aliphatic rings. The van der Waals surface area contributed by atoms with Crippen LogP contribution in [0.4, 0.5) is 4.39 Å². The lowest BCUT2D eigenvalue weighted by Gasteiger charge is -2.25. The highest BCUT2D eigenvalue weighted by Crippen LogP contribution is 2.40. The zero-order valence-electron chi connectivity index (χ0n) is 12.3. The third-order valence-electron chi connectivity index (χ3n) is 4.37. The number of aromatic nitrogens is 2. The van der Waals surface area contributed by atoms with Gasteiger partial charge >= 0.3 is 0 Å². The van der Waals surface area contributed by atoms with Crippen molar-refractivity contribution in [2.45, 2.75) is 19.3 Å². The van der Waals surface area contributed by atoms with E-state index < -0.39 is 5.95 Å². The van der Waals surface area contributed by atoms with Gasteiger partial charge in [-0.1, -0.05) is 25.1 Å². The van der Waals surface area contributed by atoms with Gasteiger partial charge in [0.15, 0.2) is 0 Å². The average molecular weight is 290 g/mol. The van der Waals surface area contributed by atoms with Crippen LogP contribution in [0.15, 0.2) is 55.0 Å². The van der Waals surface area contributed by atoms with Crippen LogP contribution >= 0.6 is 0 Å². The Labute approximate surface area is 128 Å². The molecule has 108 valence electrons. The highest BCUT2D eigenvalue weighted by atomic mass is 19.1. The molecule has 1 atom stereocenters. The first-order chi connectivity index (χ1) is 10.7. The van der Waals surface area contributed by atoms with Gasteiger partial charge in [0.05, 0.1) is 0 Å². The van der Waals surface area contributed by atoms with Crippen LogP contribution in [0.5, 0.6) is 0 Å². The molecule has 1 unspecified atom stereocenters. The first kappa shape index (κ1) is 13.1. The maximum atomic E-state index is 13.0. The number of fused-ring (bicyclic) bond motifs is 3. The maximum Gasteiger partial charge on any atom is 0.212 e. The third-order valence-corrected chi connectivity index (χ3v) is 4.37. The highest BCUT2D eigenvalue weighted by molar-refractivity contribution is 5.77. The van der Waals surface area contributed by atoms with Crippen LogP contribution < -0.4 is 0 Å². The van der Waals surface area contributed by atoms with Crippen molar-refractivity contribution in [2.24, 2.45) is 0 Å². The Morgan fingerprint density at radius 2 is 1.86 bits per heavy atom. The van der Waals surface area contributed by atoms with E-state index in [1.807, 2.05) is 12.4 Å². The summed E-state index contributed by atoms with van der Waals surface area (Å²) in [4.78, 5) is 8.01. The molecular formula is C19H15FN2. The van der Waals surface area contributed by atoms with Crippen LogP contribution in [0.1, 0.15) is 24.0 Å². The van der Waals surface area contributed by atoms with E-state index in [-0.39, 0.29) is 0 Å². The quantitative estimate of drug-likeness (QED) is 0.612. The Balaban J connectivity index is 1.83. The van der Waals surface area contributed by atoms with Gasteiger partial charge in [-0.2, -0.15) is 4.39 Å². The van der Waals surface area contributed by atoms with Crippen LogP contribution in [0, 0.1) is 5.95 Å². The average Bonchev–Trinajstić information content (AvgIpc) is 2.55. The smallest absolute Gasteiger partial charge is 0.212 e. The van der Waals surface area contributed by atoms with Crippen molar-refractivity contribution in [2.75, 3.05) is 0 Å². The van der Waals surface area contributed by atoms with Crippen LogP contribution in [0.2, 0.25) is 0 Å². The summed E-state index contributed by atoms with van der Waals surface area (Å²) < 4.78 is 13.0. The van der Waals surface area contributed by atoms with Crippen LogP contribution in [-0.2, 0) is 6.42 Å². The molecule has 4 rings (SSSR count). The van der Waals surface area contributed by atoms with Crippen molar-refractivity contribution in [1.82, 2.24) is 9.97 Å². The molecule has 0 spiro atoms. The van der Waals surface area contributed by atoms with Gasteiger partial charge in [0.2, 0.25) is 5.95 Å². The minimum Gasteiger partial charge on any atom is -0.264 e. The Kier molecular flexibility index (Phi) is 3.00. The topological polar surface area (TPSA) is 25.8 Å². The van der Waals surface area contributed by atoms with Crippen LogP contribution in [0.25, 0.3) is 22.3 Å². The number of rotatable bonds is 1. The SMILES string of the molecule is CC1Cc2cc(-c3ccc(F)nc3)ccc2-c2cnccc21. The number of halogens is 1. The van der Waals surface area contributed by atoms with E-state index in [0.717, 1.165) is 17.5 Å². The molecule has 2 heterocycles. The molecule has 0 bridgehead atoms. The number of pyridine rings is 2. The van der Waals surface area contributed by atoms with Crippen molar-refractivity contribution < 1.29 is 4.39 Å². The predicted octanol–water partition coefficient (Wildman–Crippen LogP) is 4.61. The second-order valence-corrected chi connectivity index (χ2v) is 5.81. The van der Waals surface area contributed by atoms with Crippen molar-refractivity contribution in [3.05, 3.63) is 72.1 Å². The van der Waals surface area contributed by atoms with E-state index in [9.17, 15) is 4.39 Å². The van der Waals surface area contributed by atoms with Crippen molar-refractivity contribution in [3.8, 4) is 22.3 Å². The first-order valence-electron chi connectivity index (χ1n) is 7.41. The zero-order valence-corrected chi connectivity index (χ0v) is 12.3. The van der Waals surface area contributed by atoms with E-state index in [0.29, 0.717) is 5.92 Å². The molecule has 0 fully saturated rings.